The number of hydrogen-bond donors (Lipinski definition) is 1. The molecule has 0 aliphatic carbocycles. The molecule has 19 heavy (non-hydrogen) atoms. The Morgan fingerprint density at radius 1 is 1.26 bits per heavy atom. The van der Waals surface area contributed by atoms with Crippen molar-refractivity contribution in [3.05, 3.63) is 57.8 Å². The minimum Gasteiger partial charge on any atom is -0.333 e. The van der Waals surface area contributed by atoms with Gasteiger partial charge in [-0.1, -0.05) is 30.3 Å². The predicted molar refractivity (Wildman–Crippen MR) is 79.3 cm³/mol. The molecule has 0 spiro atoms. The highest BCUT2D eigenvalue weighted by molar-refractivity contribution is 7.08. The van der Waals surface area contributed by atoms with Gasteiger partial charge in [-0.25, -0.2) is 0 Å². The van der Waals surface area contributed by atoms with Crippen LogP contribution < -0.4 is 5.73 Å². The second kappa shape index (κ2) is 6.50. The van der Waals surface area contributed by atoms with Crippen molar-refractivity contribution in [2.24, 2.45) is 5.73 Å². The van der Waals surface area contributed by atoms with Gasteiger partial charge in [-0.05, 0) is 23.4 Å². The molecule has 2 aromatic rings. The van der Waals surface area contributed by atoms with Crippen LogP contribution in [0.5, 0.6) is 0 Å². The molecule has 0 aliphatic rings. The van der Waals surface area contributed by atoms with E-state index in [1.807, 2.05) is 52.9 Å². The van der Waals surface area contributed by atoms with Gasteiger partial charge in [0, 0.05) is 25.0 Å². The maximum Gasteiger partial charge on any atom is 0.255 e. The molecule has 1 amide bonds. The second-order valence-electron chi connectivity index (χ2n) is 4.47. The van der Waals surface area contributed by atoms with E-state index in [1.54, 1.807) is 11.3 Å². The number of nitrogens with two attached hydrogens (primary N) is 1. The van der Waals surface area contributed by atoms with Crippen LogP contribution in [-0.2, 0) is 6.54 Å². The Balaban J connectivity index is 2.16. The van der Waals surface area contributed by atoms with E-state index in [4.69, 9.17) is 5.73 Å². The minimum absolute atomic E-state index is 0.0630. The topological polar surface area (TPSA) is 46.3 Å². The molecule has 2 rings (SSSR count). The summed E-state index contributed by atoms with van der Waals surface area (Å²) in [5.41, 5.74) is 8.56. The van der Waals surface area contributed by atoms with Gasteiger partial charge in [0.15, 0.2) is 0 Å². The second-order valence-corrected chi connectivity index (χ2v) is 5.21. The Kier molecular flexibility index (Phi) is 4.71. The summed E-state index contributed by atoms with van der Waals surface area (Å²) in [6.45, 7) is 3.61. The van der Waals surface area contributed by atoms with Crippen LogP contribution in [0, 0.1) is 6.92 Å². The molecule has 0 saturated carbocycles. The summed E-state index contributed by atoms with van der Waals surface area (Å²) < 4.78 is 0. The van der Waals surface area contributed by atoms with Crippen LogP contribution in [0.1, 0.15) is 21.5 Å². The molecule has 4 heteroatoms. The first-order valence-corrected chi connectivity index (χ1v) is 7.22. The van der Waals surface area contributed by atoms with Gasteiger partial charge < -0.3 is 10.6 Å². The van der Waals surface area contributed by atoms with E-state index in [1.165, 1.54) is 0 Å². The zero-order valence-corrected chi connectivity index (χ0v) is 11.8. The van der Waals surface area contributed by atoms with Crippen LogP contribution in [-0.4, -0.2) is 23.9 Å². The summed E-state index contributed by atoms with van der Waals surface area (Å²) in [4.78, 5) is 14.3. The van der Waals surface area contributed by atoms with E-state index in [0.717, 1.165) is 16.7 Å². The third-order valence-corrected chi connectivity index (χ3v) is 3.85. The van der Waals surface area contributed by atoms with Gasteiger partial charge in [-0.15, -0.1) is 0 Å². The largest absolute Gasteiger partial charge is 0.333 e. The molecule has 1 heterocycles. The van der Waals surface area contributed by atoms with Gasteiger partial charge in [0.25, 0.3) is 5.91 Å². The molecule has 100 valence electrons. The third kappa shape index (κ3) is 3.43. The number of nitrogens with zero attached hydrogens (tertiary/aromatic N) is 1. The van der Waals surface area contributed by atoms with Gasteiger partial charge in [0.2, 0.25) is 0 Å². The first kappa shape index (κ1) is 13.8. The van der Waals surface area contributed by atoms with E-state index >= 15 is 0 Å². The Hall–Kier alpha value is -1.65. The molecule has 3 nitrogen and oxygen atoms in total. The van der Waals surface area contributed by atoms with Crippen LogP contribution in [0.3, 0.4) is 0 Å². The van der Waals surface area contributed by atoms with Crippen LogP contribution in [0.25, 0.3) is 0 Å². The Bertz CT molecular complexity index is 536. The first-order chi connectivity index (χ1) is 9.22. The van der Waals surface area contributed by atoms with Crippen molar-refractivity contribution in [3.8, 4) is 0 Å². The number of rotatable bonds is 5. The van der Waals surface area contributed by atoms with Gasteiger partial charge in [0.05, 0.1) is 5.56 Å². The Morgan fingerprint density at radius 2 is 2.00 bits per heavy atom. The van der Waals surface area contributed by atoms with Gasteiger partial charge in [-0.2, -0.15) is 11.3 Å². The lowest BCUT2D eigenvalue weighted by molar-refractivity contribution is 0.0748. The molecule has 2 N–H and O–H groups in total. The lowest BCUT2D eigenvalue weighted by Gasteiger charge is -2.22. The Labute approximate surface area is 117 Å². The highest BCUT2D eigenvalue weighted by atomic mass is 32.1. The molecule has 1 aromatic carbocycles. The van der Waals surface area contributed by atoms with E-state index in [0.29, 0.717) is 19.6 Å². The molecule has 0 fully saturated rings. The number of hydrogen-bond acceptors (Lipinski definition) is 3. The van der Waals surface area contributed by atoms with Crippen molar-refractivity contribution in [3.63, 3.8) is 0 Å². The van der Waals surface area contributed by atoms with E-state index < -0.39 is 0 Å². The van der Waals surface area contributed by atoms with Gasteiger partial charge in [-0.3, -0.25) is 4.79 Å². The predicted octanol–water partition coefficient (Wildman–Crippen LogP) is 2.66. The number of aryl methyl sites for hydroxylation is 1. The van der Waals surface area contributed by atoms with Crippen molar-refractivity contribution >= 4 is 17.2 Å². The number of carbonyl (C=O) groups excluding carboxylic acids is 1. The average molecular weight is 274 g/mol. The normalized spacial score (nSPS) is 10.4. The summed E-state index contributed by atoms with van der Waals surface area (Å²) in [5, 5.41) is 3.91. The maximum atomic E-state index is 12.5. The highest BCUT2D eigenvalue weighted by Gasteiger charge is 2.17. The SMILES string of the molecule is Cc1cscc1C(=O)N(CCN)Cc1ccccc1. The van der Waals surface area contributed by atoms with E-state index in [9.17, 15) is 4.79 Å². The molecule has 0 saturated heterocycles. The number of benzene rings is 1. The quantitative estimate of drug-likeness (QED) is 0.911. The summed E-state index contributed by atoms with van der Waals surface area (Å²) >= 11 is 1.56. The summed E-state index contributed by atoms with van der Waals surface area (Å²) in [5.74, 6) is 0.0630. The lowest BCUT2D eigenvalue weighted by atomic mass is 10.1. The van der Waals surface area contributed by atoms with Crippen molar-refractivity contribution < 1.29 is 4.79 Å². The monoisotopic (exact) mass is 274 g/mol. The van der Waals surface area contributed by atoms with E-state index in [-0.39, 0.29) is 5.91 Å². The summed E-state index contributed by atoms with van der Waals surface area (Å²) in [6.07, 6.45) is 0. The molecule has 0 aliphatic heterocycles. The smallest absolute Gasteiger partial charge is 0.255 e. The fourth-order valence-electron chi connectivity index (χ4n) is 1.96. The molecule has 0 radical (unpaired) electrons. The van der Waals surface area contributed by atoms with Crippen LogP contribution in [0.4, 0.5) is 0 Å². The van der Waals surface area contributed by atoms with Crippen molar-refractivity contribution in [2.45, 2.75) is 13.5 Å². The molecule has 1 aromatic heterocycles. The zero-order valence-electron chi connectivity index (χ0n) is 11.0. The number of carbonyl (C=O) groups is 1. The summed E-state index contributed by atoms with van der Waals surface area (Å²) in [7, 11) is 0. The maximum absolute atomic E-state index is 12.5. The van der Waals surface area contributed by atoms with Crippen LogP contribution in [0.15, 0.2) is 41.1 Å². The van der Waals surface area contributed by atoms with Crippen LogP contribution >= 0.6 is 11.3 Å². The molecule has 0 bridgehead atoms. The van der Waals surface area contributed by atoms with E-state index in [2.05, 4.69) is 0 Å². The molecule has 0 atom stereocenters. The molecular formula is C15H18N2OS. The van der Waals surface area contributed by atoms with Crippen LogP contribution in [0.2, 0.25) is 0 Å². The zero-order chi connectivity index (χ0) is 13.7. The fraction of sp³-hybridized carbons (Fsp3) is 0.267. The Morgan fingerprint density at radius 3 is 2.58 bits per heavy atom. The molecular weight excluding hydrogens is 256 g/mol. The average Bonchev–Trinajstić information content (AvgIpc) is 2.85. The third-order valence-electron chi connectivity index (χ3n) is 2.99. The van der Waals surface area contributed by atoms with Gasteiger partial charge >= 0.3 is 0 Å². The molecule has 0 unspecified atom stereocenters. The van der Waals surface area contributed by atoms with Gasteiger partial charge in [0.1, 0.15) is 0 Å². The minimum atomic E-state index is 0.0630. The first-order valence-electron chi connectivity index (χ1n) is 6.28. The highest BCUT2D eigenvalue weighted by Crippen LogP contribution is 2.17. The lowest BCUT2D eigenvalue weighted by Crippen LogP contribution is -2.35. The standard InChI is InChI=1S/C15H18N2OS/c1-12-10-19-11-14(12)15(18)17(8-7-16)9-13-5-3-2-4-6-13/h2-6,10-11H,7-9,16H2,1H3. The van der Waals surface area contributed by atoms with Crippen molar-refractivity contribution in [2.75, 3.05) is 13.1 Å². The van der Waals surface area contributed by atoms with Crippen molar-refractivity contribution in [1.29, 1.82) is 0 Å². The number of thiophene rings is 1. The fourth-order valence-corrected chi connectivity index (χ4v) is 2.78. The number of amides is 1. The summed E-state index contributed by atoms with van der Waals surface area (Å²) in [6, 6.07) is 9.99. The van der Waals surface area contributed by atoms with Crippen molar-refractivity contribution in [1.82, 2.24) is 4.90 Å².